The Balaban J connectivity index is 1.50. The smallest absolute Gasteiger partial charge is 0.318 e. The molecule has 8 nitrogen and oxygen atoms in total. The molecule has 2 aliphatic rings. The Bertz CT molecular complexity index is 1640. The van der Waals surface area contributed by atoms with Gasteiger partial charge in [-0.05, 0) is 34.9 Å². The van der Waals surface area contributed by atoms with Crippen LogP contribution in [0.15, 0.2) is 49.2 Å². The molecule has 0 atom stereocenters. The summed E-state index contributed by atoms with van der Waals surface area (Å²) in [6.45, 7) is 7.59. The summed E-state index contributed by atoms with van der Waals surface area (Å²) in [5.74, 6) is -0.674. The van der Waals surface area contributed by atoms with Gasteiger partial charge in [-0.2, -0.15) is 9.97 Å². The Hall–Kier alpha value is -4.18. The second kappa shape index (κ2) is 9.53. The lowest BCUT2D eigenvalue weighted by atomic mass is 9.91. The lowest BCUT2D eigenvalue weighted by molar-refractivity contribution is -0.164. The molecule has 2 aliphatic heterocycles. The number of carbonyl (C=O) groups excluding carboxylic acids is 1. The van der Waals surface area contributed by atoms with Gasteiger partial charge in [0.1, 0.15) is 28.4 Å². The summed E-state index contributed by atoms with van der Waals surface area (Å²) >= 11 is 0. The number of fused-ring (bicyclic) bond motifs is 2. The topological polar surface area (TPSA) is 80.7 Å². The van der Waals surface area contributed by atoms with Crippen LogP contribution in [0.2, 0.25) is 0 Å². The van der Waals surface area contributed by atoms with Gasteiger partial charge >= 0.3 is 6.01 Å². The van der Waals surface area contributed by atoms with Crippen LogP contribution in [-0.4, -0.2) is 71.3 Å². The molecule has 200 valence electrons. The average Bonchev–Trinajstić information content (AvgIpc) is 2.95. The van der Waals surface area contributed by atoms with Crippen molar-refractivity contribution in [3.63, 3.8) is 0 Å². The van der Waals surface area contributed by atoms with Gasteiger partial charge in [0.25, 0.3) is 0 Å². The van der Waals surface area contributed by atoms with Gasteiger partial charge < -0.3 is 19.3 Å². The van der Waals surface area contributed by atoms with Crippen LogP contribution >= 0.6 is 0 Å². The van der Waals surface area contributed by atoms with Gasteiger partial charge in [0.15, 0.2) is 5.82 Å². The van der Waals surface area contributed by atoms with E-state index in [1.54, 1.807) is 29.3 Å². The molecule has 2 aromatic carbocycles. The summed E-state index contributed by atoms with van der Waals surface area (Å²) in [4.78, 5) is 29.7. The molecule has 0 N–H and O–H groups in total. The molecule has 4 aromatic rings. The average molecular weight is 532 g/mol. The zero-order valence-corrected chi connectivity index (χ0v) is 21.7. The fraction of sp³-hybridized carbons (Fsp3) is 0.310. The number of aromatic nitrogens is 3. The second-order valence-electron chi connectivity index (χ2n) is 9.83. The third kappa shape index (κ3) is 3.89. The first kappa shape index (κ1) is 25.1. The molecule has 10 heteroatoms. The number of halogens is 2. The van der Waals surface area contributed by atoms with E-state index in [0.717, 1.165) is 5.39 Å². The van der Waals surface area contributed by atoms with Gasteiger partial charge in [0.2, 0.25) is 5.91 Å². The highest BCUT2D eigenvalue weighted by Gasteiger charge is 2.50. The molecule has 0 unspecified atom stereocenters. The highest BCUT2D eigenvalue weighted by atomic mass is 19.1. The van der Waals surface area contributed by atoms with Gasteiger partial charge in [-0.1, -0.05) is 37.8 Å². The molecule has 39 heavy (non-hydrogen) atoms. The first-order valence-electron chi connectivity index (χ1n) is 12.8. The summed E-state index contributed by atoms with van der Waals surface area (Å²) in [6.07, 6.45) is 3.31. The fourth-order valence-electron chi connectivity index (χ4n) is 5.71. The number of nitrogens with zero attached hydrogens (tertiary/aromatic N) is 5. The Morgan fingerprint density at radius 3 is 2.72 bits per heavy atom. The normalized spacial score (nSPS) is 16.5. The van der Waals surface area contributed by atoms with Gasteiger partial charge in [-0.3, -0.25) is 9.78 Å². The van der Waals surface area contributed by atoms with Crippen molar-refractivity contribution in [1.29, 1.82) is 0 Å². The predicted octanol–water partition coefficient (Wildman–Crippen LogP) is 4.30. The SMILES string of the molecule is C=CC(=O)N1CCN(c2nc(OC)nc3c(F)c(-c4cccc5ccc(F)c(CC)c45)ncc23)CC12COC2. The molecular formula is C29H27F2N5O3. The lowest BCUT2D eigenvalue weighted by Gasteiger charge is -2.55. The number of carbonyl (C=O) groups is 1. The van der Waals surface area contributed by atoms with Crippen molar-refractivity contribution >= 4 is 33.4 Å². The lowest BCUT2D eigenvalue weighted by Crippen LogP contribution is -2.72. The Morgan fingerprint density at radius 1 is 1.21 bits per heavy atom. The number of rotatable bonds is 5. The monoisotopic (exact) mass is 531 g/mol. The number of methoxy groups -OCH3 is 1. The molecule has 4 heterocycles. The zero-order valence-electron chi connectivity index (χ0n) is 21.7. The minimum Gasteiger partial charge on any atom is -0.467 e. The summed E-state index contributed by atoms with van der Waals surface area (Å²) < 4.78 is 41.9. The van der Waals surface area contributed by atoms with E-state index >= 15 is 4.39 Å². The van der Waals surface area contributed by atoms with Crippen LogP contribution in [0.25, 0.3) is 32.9 Å². The van der Waals surface area contributed by atoms with E-state index in [0.29, 0.717) is 67.0 Å². The van der Waals surface area contributed by atoms with E-state index in [4.69, 9.17) is 9.47 Å². The van der Waals surface area contributed by atoms with Crippen LogP contribution in [0.1, 0.15) is 12.5 Å². The Morgan fingerprint density at radius 2 is 2.03 bits per heavy atom. The van der Waals surface area contributed by atoms with Crippen molar-refractivity contribution in [1.82, 2.24) is 19.9 Å². The molecule has 0 bridgehead atoms. The highest BCUT2D eigenvalue weighted by molar-refractivity contribution is 6.01. The van der Waals surface area contributed by atoms with Gasteiger partial charge in [-0.15, -0.1) is 0 Å². The molecule has 0 radical (unpaired) electrons. The number of pyridine rings is 1. The van der Waals surface area contributed by atoms with E-state index in [-0.39, 0.29) is 28.9 Å². The summed E-state index contributed by atoms with van der Waals surface area (Å²) in [6, 6.07) is 8.55. The number of piperazine rings is 1. The molecule has 6 rings (SSSR count). The summed E-state index contributed by atoms with van der Waals surface area (Å²) in [5, 5.41) is 1.84. The van der Waals surface area contributed by atoms with Crippen molar-refractivity contribution in [3.8, 4) is 17.3 Å². The van der Waals surface area contributed by atoms with Crippen LogP contribution < -0.4 is 9.64 Å². The van der Waals surface area contributed by atoms with Crippen LogP contribution in [0.3, 0.4) is 0 Å². The van der Waals surface area contributed by atoms with Crippen molar-refractivity contribution in [3.05, 3.63) is 66.4 Å². The van der Waals surface area contributed by atoms with E-state index < -0.39 is 11.4 Å². The van der Waals surface area contributed by atoms with E-state index in [9.17, 15) is 9.18 Å². The number of ether oxygens (including phenoxy) is 2. The molecule has 1 spiro atoms. The predicted molar refractivity (Wildman–Crippen MR) is 144 cm³/mol. The quantitative estimate of drug-likeness (QED) is 0.355. The molecule has 0 aliphatic carbocycles. The second-order valence-corrected chi connectivity index (χ2v) is 9.83. The molecule has 2 aromatic heterocycles. The van der Waals surface area contributed by atoms with Crippen molar-refractivity contribution in [2.75, 3.05) is 44.9 Å². The number of benzene rings is 2. The molecule has 2 saturated heterocycles. The van der Waals surface area contributed by atoms with Gasteiger partial charge in [0, 0.05) is 31.4 Å². The fourth-order valence-corrected chi connectivity index (χ4v) is 5.71. The van der Waals surface area contributed by atoms with Crippen LogP contribution in [0.4, 0.5) is 14.6 Å². The third-order valence-corrected chi connectivity index (χ3v) is 7.66. The maximum atomic E-state index is 16.3. The number of hydrogen-bond acceptors (Lipinski definition) is 7. The van der Waals surface area contributed by atoms with E-state index in [2.05, 4.69) is 21.5 Å². The zero-order chi connectivity index (χ0) is 27.3. The molecule has 0 saturated carbocycles. The van der Waals surface area contributed by atoms with Crippen LogP contribution in [0.5, 0.6) is 6.01 Å². The van der Waals surface area contributed by atoms with Crippen molar-refractivity contribution in [2.24, 2.45) is 0 Å². The van der Waals surface area contributed by atoms with Gasteiger partial charge in [0.05, 0.1) is 25.7 Å². The number of hydrogen-bond donors (Lipinski definition) is 0. The standard InChI is InChI=1S/C29H27F2N5O3/c1-4-18-21(30)10-9-17-7-6-8-19(23(17)18)25-24(31)26-20(13-32-25)27(34-28(33-26)38-3)35-11-12-36(22(37)5-2)29(14-35)15-39-16-29/h5-10,13H,2,4,11-12,14-16H2,1,3H3. The Kier molecular flexibility index (Phi) is 6.14. The molecule has 1 amide bonds. The Labute approximate surface area is 223 Å². The van der Waals surface area contributed by atoms with Crippen LogP contribution in [-0.2, 0) is 16.0 Å². The number of amides is 1. The van der Waals surface area contributed by atoms with E-state index in [1.165, 1.54) is 19.3 Å². The highest BCUT2D eigenvalue weighted by Crippen LogP contribution is 2.38. The number of aryl methyl sites for hydroxylation is 1. The maximum Gasteiger partial charge on any atom is 0.318 e. The van der Waals surface area contributed by atoms with E-state index in [1.807, 2.05) is 17.9 Å². The molecular weight excluding hydrogens is 504 g/mol. The van der Waals surface area contributed by atoms with Gasteiger partial charge in [-0.25, -0.2) is 8.78 Å². The van der Waals surface area contributed by atoms with Crippen molar-refractivity contribution in [2.45, 2.75) is 18.9 Å². The van der Waals surface area contributed by atoms with Crippen molar-refractivity contribution < 1.29 is 23.0 Å². The minimum absolute atomic E-state index is 0.00951. The third-order valence-electron chi connectivity index (χ3n) is 7.66. The first-order chi connectivity index (χ1) is 18.9. The molecule has 2 fully saturated rings. The van der Waals surface area contributed by atoms with Crippen LogP contribution in [0, 0.1) is 11.6 Å². The largest absolute Gasteiger partial charge is 0.467 e. The maximum absolute atomic E-state index is 16.3. The number of anilines is 1. The minimum atomic E-state index is -0.643. The first-order valence-corrected chi connectivity index (χ1v) is 12.8. The summed E-state index contributed by atoms with van der Waals surface area (Å²) in [5.41, 5.74) is 0.598. The summed E-state index contributed by atoms with van der Waals surface area (Å²) in [7, 11) is 1.42.